The Hall–Kier alpha value is -4.05. The predicted octanol–water partition coefficient (Wildman–Crippen LogP) is 2.79. The second kappa shape index (κ2) is 12.0. The third-order valence-corrected chi connectivity index (χ3v) is 6.82. The molecule has 40 heavy (non-hydrogen) atoms. The van der Waals surface area contributed by atoms with Crippen molar-refractivity contribution in [3.8, 4) is 17.6 Å². The maximum Gasteiger partial charge on any atom is 0.296 e. The van der Waals surface area contributed by atoms with Crippen molar-refractivity contribution in [1.82, 2.24) is 14.9 Å². The highest BCUT2D eigenvalue weighted by atomic mass is 32.2. The smallest absolute Gasteiger partial charge is 0.296 e. The highest BCUT2D eigenvalue weighted by Gasteiger charge is 2.35. The fourth-order valence-corrected chi connectivity index (χ4v) is 4.45. The largest absolute Gasteiger partial charge is 0.481 e. The van der Waals surface area contributed by atoms with Crippen LogP contribution in [0.3, 0.4) is 0 Å². The Kier molecular flexibility index (Phi) is 8.68. The van der Waals surface area contributed by atoms with E-state index in [0.717, 1.165) is 11.6 Å². The van der Waals surface area contributed by atoms with E-state index >= 15 is 0 Å². The molecule has 12 heteroatoms. The summed E-state index contributed by atoms with van der Waals surface area (Å²) < 4.78 is 57.7. The van der Waals surface area contributed by atoms with E-state index in [1.165, 1.54) is 16.7 Å². The quantitative estimate of drug-likeness (QED) is 0.312. The Morgan fingerprint density at radius 2 is 2.00 bits per heavy atom. The van der Waals surface area contributed by atoms with Gasteiger partial charge >= 0.3 is 0 Å². The minimum Gasteiger partial charge on any atom is -0.481 e. The Balaban J connectivity index is 1.63. The molecule has 2 N–H and O–H groups in total. The summed E-state index contributed by atoms with van der Waals surface area (Å²) in [6.07, 6.45) is -0.163. The first kappa shape index (κ1) is 28.9. The van der Waals surface area contributed by atoms with Crippen LogP contribution in [0.2, 0.25) is 0 Å². The molecule has 2 heterocycles. The van der Waals surface area contributed by atoms with E-state index in [-0.39, 0.29) is 48.9 Å². The molecule has 1 aliphatic rings. The molecule has 0 unspecified atom stereocenters. The summed E-state index contributed by atoms with van der Waals surface area (Å²) in [5.74, 6) is 3.51. The van der Waals surface area contributed by atoms with Crippen molar-refractivity contribution in [3.63, 3.8) is 0 Å². The molecule has 0 bridgehead atoms. The molecule has 10 nitrogen and oxygen atoms in total. The lowest BCUT2D eigenvalue weighted by molar-refractivity contribution is -0.0567. The molecule has 4 rings (SSSR count). The molecule has 1 aromatic heterocycles. The third-order valence-electron chi connectivity index (χ3n) is 6.10. The summed E-state index contributed by atoms with van der Waals surface area (Å²) in [4.78, 5) is 31.4. The molecule has 1 amide bonds. The van der Waals surface area contributed by atoms with E-state index < -0.39 is 38.8 Å². The van der Waals surface area contributed by atoms with Crippen LogP contribution in [0.5, 0.6) is 5.75 Å². The Labute approximate surface area is 230 Å². The van der Waals surface area contributed by atoms with Crippen molar-refractivity contribution in [2.24, 2.45) is 0 Å². The van der Waals surface area contributed by atoms with Gasteiger partial charge in [-0.3, -0.25) is 18.7 Å². The van der Waals surface area contributed by atoms with Crippen molar-refractivity contribution in [1.29, 1.82) is 0 Å². The van der Waals surface area contributed by atoms with Crippen LogP contribution in [0.1, 0.15) is 53.3 Å². The van der Waals surface area contributed by atoms with E-state index in [0.29, 0.717) is 12.2 Å². The normalized spacial score (nSPS) is 14.0. The van der Waals surface area contributed by atoms with Crippen molar-refractivity contribution in [2.45, 2.75) is 45.6 Å². The lowest BCUT2D eigenvalue weighted by Gasteiger charge is -2.32. The summed E-state index contributed by atoms with van der Waals surface area (Å²) in [5, 5.41) is 2.69. The van der Waals surface area contributed by atoms with Gasteiger partial charge in [0, 0.05) is 18.5 Å². The number of hydrogen-bond donors (Lipinski definition) is 2. The van der Waals surface area contributed by atoms with Gasteiger partial charge in [-0.05, 0) is 37.1 Å². The van der Waals surface area contributed by atoms with Crippen LogP contribution in [-0.4, -0.2) is 40.8 Å². The van der Waals surface area contributed by atoms with Gasteiger partial charge in [0.2, 0.25) is 5.75 Å². The first-order valence-electron chi connectivity index (χ1n) is 12.4. The molecule has 0 aliphatic carbocycles. The van der Waals surface area contributed by atoms with Crippen LogP contribution in [0, 0.1) is 17.7 Å². The standard InChI is InChI=1S/C28H28FN3O7S/c1-28(2)27-31-23(24(26(34)32(27)13-14-39-28)38-18-19-8-4-3-5-9-19)25(33)30-17-21-11-12-22(29)16-20(21)10-6-7-15-40(35,36)37/h3-5,8-9,11-12,16H,7,13-15,17-18H2,1-2H3,(H,30,33)(H,35,36,37). The number of nitrogens with zero attached hydrogens (tertiary/aromatic N) is 2. The summed E-state index contributed by atoms with van der Waals surface area (Å²) in [7, 11) is -4.18. The number of halogens is 1. The lowest BCUT2D eigenvalue weighted by atomic mass is 10.1. The predicted molar refractivity (Wildman–Crippen MR) is 144 cm³/mol. The minimum atomic E-state index is -4.18. The van der Waals surface area contributed by atoms with Crippen LogP contribution >= 0.6 is 0 Å². The maximum atomic E-state index is 13.9. The van der Waals surface area contributed by atoms with Gasteiger partial charge in [0.1, 0.15) is 23.8 Å². The van der Waals surface area contributed by atoms with Crippen molar-refractivity contribution >= 4 is 16.0 Å². The number of carbonyl (C=O) groups is 1. The molecule has 210 valence electrons. The molecule has 0 saturated heterocycles. The van der Waals surface area contributed by atoms with Crippen LogP contribution in [0.25, 0.3) is 0 Å². The van der Waals surface area contributed by atoms with Gasteiger partial charge in [0.25, 0.3) is 21.6 Å². The van der Waals surface area contributed by atoms with E-state index in [1.807, 2.05) is 30.3 Å². The van der Waals surface area contributed by atoms with Gasteiger partial charge in [-0.15, -0.1) is 0 Å². The van der Waals surface area contributed by atoms with Gasteiger partial charge in [0.05, 0.1) is 18.9 Å². The number of nitrogens with one attached hydrogen (secondary N) is 1. The number of ether oxygens (including phenoxy) is 2. The van der Waals surface area contributed by atoms with Crippen molar-refractivity contribution in [2.75, 3.05) is 12.4 Å². The zero-order valence-corrected chi connectivity index (χ0v) is 22.8. The second-order valence-corrected chi connectivity index (χ2v) is 11.1. The zero-order valence-electron chi connectivity index (χ0n) is 21.9. The van der Waals surface area contributed by atoms with Crippen LogP contribution < -0.4 is 15.6 Å². The van der Waals surface area contributed by atoms with Gasteiger partial charge < -0.3 is 14.8 Å². The van der Waals surface area contributed by atoms with Crippen molar-refractivity contribution in [3.05, 3.63) is 92.9 Å². The highest BCUT2D eigenvalue weighted by Crippen LogP contribution is 2.28. The van der Waals surface area contributed by atoms with Crippen molar-refractivity contribution < 1.29 is 31.6 Å². The first-order chi connectivity index (χ1) is 18.9. The number of carbonyl (C=O) groups excluding carboxylic acids is 1. The zero-order chi connectivity index (χ0) is 28.9. The average Bonchev–Trinajstić information content (AvgIpc) is 2.90. The van der Waals surface area contributed by atoms with Crippen LogP contribution in [0.4, 0.5) is 4.39 Å². The molecule has 0 spiro atoms. The van der Waals surface area contributed by atoms with Gasteiger partial charge in [0.15, 0.2) is 5.69 Å². The number of hydrogen-bond acceptors (Lipinski definition) is 7. The van der Waals surface area contributed by atoms with E-state index in [4.69, 9.17) is 14.0 Å². The third kappa shape index (κ3) is 7.12. The van der Waals surface area contributed by atoms with Crippen LogP contribution in [-0.2, 0) is 40.2 Å². The molecular formula is C28H28FN3O7S. The van der Waals surface area contributed by atoms with E-state index in [9.17, 15) is 22.4 Å². The molecule has 3 aromatic rings. The van der Waals surface area contributed by atoms with E-state index in [2.05, 4.69) is 22.1 Å². The number of benzene rings is 2. The average molecular weight is 570 g/mol. The van der Waals surface area contributed by atoms with Gasteiger partial charge in [-0.25, -0.2) is 9.37 Å². The topological polar surface area (TPSA) is 137 Å². The number of fused-ring (bicyclic) bond motifs is 1. The lowest BCUT2D eigenvalue weighted by Crippen LogP contribution is -2.43. The molecule has 1 aliphatic heterocycles. The van der Waals surface area contributed by atoms with E-state index in [1.54, 1.807) is 13.8 Å². The SMILES string of the molecule is CC1(C)OCCn2c1nc(C(=O)NCc1ccc(F)cc1C#CCCS(=O)(=O)O)c(OCc1ccccc1)c2=O. The monoisotopic (exact) mass is 569 g/mol. The van der Waals surface area contributed by atoms with Gasteiger partial charge in [-0.1, -0.05) is 48.2 Å². The molecule has 0 fully saturated rings. The minimum absolute atomic E-state index is 0.0402. The first-order valence-corrected chi connectivity index (χ1v) is 14.0. The molecule has 0 saturated carbocycles. The Bertz CT molecular complexity index is 1640. The fourth-order valence-electron chi connectivity index (χ4n) is 4.09. The summed E-state index contributed by atoms with van der Waals surface area (Å²) in [5.41, 5.74) is -0.179. The summed E-state index contributed by atoms with van der Waals surface area (Å²) >= 11 is 0. The van der Waals surface area contributed by atoms with Crippen LogP contribution in [0.15, 0.2) is 53.3 Å². The number of aromatic nitrogens is 2. The molecule has 0 atom stereocenters. The van der Waals surface area contributed by atoms with Gasteiger partial charge in [-0.2, -0.15) is 8.42 Å². The Morgan fingerprint density at radius 3 is 2.73 bits per heavy atom. The second-order valence-electron chi connectivity index (χ2n) is 9.52. The Morgan fingerprint density at radius 1 is 1.25 bits per heavy atom. The summed E-state index contributed by atoms with van der Waals surface area (Å²) in [6.45, 7) is 4.00. The maximum absolute atomic E-state index is 13.9. The molecule has 0 radical (unpaired) electrons. The number of rotatable bonds is 8. The molecular weight excluding hydrogens is 541 g/mol. The molecule has 2 aromatic carbocycles. The highest BCUT2D eigenvalue weighted by molar-refractivity contribution is 7.85. The fraction of sp³-hybridized carbons (Fsp3) is 0.321. The number of amides is 1. The summed E-state index contributed by atoms with van der Waals surface area (Å²) in [6, 6.07) is 12.9.